The molecule has 1 fully saturated rings. The number of hydrogen-bond donors (Lipinski definition) is 3. The lowest BCUT2D eigenvalue weighted by molar-refractivity contribution is 0.248. The van der Waals surface area contributed by atoms with Crippen LogP contribution in [0.2, 0.25) is 0 Å². The van der Waals surface area contributed by atoms with Crippen molar-refractivity contribution < 1.29 is 17.6 Å². The van der Waals surface area contributed by atoms with Crippen LogP contribution in [0.15, 0.2) is 23.1 Å². The van der Waals surface area contributed by atoms with Crippen molar-refractivity contribution in [3.8, 4) is 0 Å². The van der Waals surface area contributed by atoms with Gasteiger partial charge in [-0.25, -0.2) is 22.7 Å². The quantitative estimate of drug-likeness (QED) is 0.789. The van der Waals surface area contributed by atoms with Gasteiger partial charge >= 0.3 is 6.03 Å². The number of urea groups is 1. The van der Waals surface area contributed by atoms with Crippen LogP contribution in [0.4, 0.5) is 14.9 Å². The van der Waals surface area contributed by atoms with Gasteiger partial charge in [0.05, 0.1) is 4.90 Å². The molecule has 2 rings (SSSR count). The highest BCUT2D eigenvalue weighted by molar-refractivity contribution is 7.89. The van der Waals surface area contributed by atoms with E-state index in [2.05, 4.69) is 10.6 Å². The largest absolute Gasteiger partial charge is 0.335 e. The second-order valence-corrected chi connectivity index (χ2v) is 6.36. The van der Waals surface area contributed by atoms with Gasteiger partial charge in [-0.05, 0) is 31.0 Å². The Morgan fingerprint density at radius 2 is 1.90 bits per heavy atom. The number of amides is 2. The first-order valence-corrected chi connectivity index (χ1v) is 7.80. The summed E-state index contributed by atoms with van der Waals surface area (Å²) in [7, 11) is -4.02. The fraction of sp³-hybridized carbons (Fsp3) is 0.417. The highest BCUT2D eigenvalue weighted by atomic mass is 32.2. The zero-order valence-corrected chi connectivity index (χ0v) is 11.5. The molecular weight excluding hydrogens is 285 g/mol. The van der Waals surface area contributed by atoms with E-state index in [1.807, 2.05) is 0 Å². The Kier molecular flexibility index (Phi) is 4.24. The Bertz CT molecular complexity index is 612. The maximum atomic E-state index is 13.3. The van der Waals surface area contributed by atoms with E-state index in [-0.39, 0.29) is 16.6 Å². The van der Waals surface area contributed by atoms with E-state index in [1.165, 1.54) is 0 Å². The number of halogens is 1. The van der Waals surface area contributed by atoms with Gasteiger partial charge in [0.2, 0.25) is 10.0 Å². The van der Waals surface area contributed by atoms with Gasteiger partial charge in [-0.1, -0.05) is 12.8 Å². The van der Waals surface area contributed by atoms with Crippen LogP contribution in [0.25, 0.3) is 0 Å². The fourth-order valence-electron chi connectivity index (χ4n) is 2.22. The lowest BCUT2D eigenvalue weighted by Gasteiger charge is -2.13. The first kappa shape index (κ1) is 14.7. The van der Waals surface area contributed by atoms with Crippen LogP contribution in [-0.4, -0.2) is 20.5 Å². The van der Waals surface area contributed by atoms with Crippen LogP contribution >= 0.6 is 0 Å². The molecule has 2 amide bonds. The summed E-state index contributed by atoms with van der Waals surface area (Å²) in [5.41, 5.74) is 0.0459. The molecular formula is C12H16FN3O3S. The molecule has 6 nitrogen and oxygen atoms in total. The predicted octanol–water partition coefficient (Wildman–Crippen LogP) is 1.54. The van der Waals surface area contributed by atoms with Crippen LogP contribution in [0, 0.1) is 5.82 Å². The third kappa shape index (κ3) is 3.91. The first-order chi connectivity index (χ1) is 9.34. The van der Waals surface area contributed by atoms with Gasteiger partial charge in [0.1, 0.15) is 5.82 Å². The average molecular weight is 301 g/mol. The number of carbonyl (C=O) groups excluding carboxylic acids is 1. The summed E-state index contributed by atoms with van der Waals surface area (Å²) in [5, 5.41) is 10.1. The Hall–Kier alpha value is -1.67. The van der Waals surface area contributed by atoms with Crippen molar-refractivity contribution in [3.05, 3.63) is 24.0 Å². The van der Waals surface area contributed by atoms with Gasteiger partial charge in [-0.2, -0.15) is 0 Å². The second-order valence-electron chi connectivity index (χ2n) is 4.80. The summed E-state index contributed by atoms with van der Waals surface area (Å²) in [5.74, 6) is -0.785. The standard InChI is InChI=1S/C12H16FN3O3S/c13-8-5-10(7-11(6-8)20(14,18)19)16-12(17)15-9-3-1-2-4-9/h5-7,9H,1-4H2,(H2,14,18,19)(H2,15,16,17). The molecule has 110 valence electrons. The number of benzene rings is 1. The number of sulfonamides is 1. The molecule has 0 aromatic heterocycles. The smallest absolute Gasteiger partial charge is 0.319 e. The Morgan fingerprint density at radius 3 is 2.50 bits per heavy atom. The molecule has 20 heavy (non-hydrogen) atoms. The topological polar surface area (TPSA) is 101 Å². The summed E-state index contributed by atoms with van der Waals surface area (Å²) in [6, 6.07) is 2.58. The number of nitrogens with two attached hydrogens (primary N) is 1. The van der Waals surface area contributed by atoms with Crippen molar-refractivity contribution in [2.75, 3.05) is 5.32 Å². The molecule has 0 bridgehead atoms. The molecule has 0 aliphatic heterocycles. The van der Waals surface area contributed by atoms with Crippen molar-refractivity contribution in [2.24, 2.45) is 5.14 Å². The first-order valence-electron chi connectivity index (χ1n) is 6.25. The van der Waals surface area contributed by atoms with Gasteiger partial charge in [-0.15, -0.1) is 0 Å². The van der Waals surface area contributed by atoms with E-state index in [0.717, 1.165) is 43.9 Å². The normalized spacial score (nSPS) is 16.1. The number of hydrogen-bond acceptors (Lipinski definition) is 3. The average Bonchev–Trinajstić information content (AvgIpc) is 2.79. The van der Waals surface area contributed by atoms with Gasteiger partial charge in [0, 0.05) is 11.7 Å². The van der Waals surface area contributed by atoms with Gasteiger partial charge < -0.3 is 10.6 Å². The Balaban J connectivity index is 2.08. The highest BCUT2D eigenvalue weighted by Gasteiger charge is 2.18. The molecule has 0 heterocycles. The zero-order chi connectivity index (χ0) is 14.8. The van der Waals surface area contributed by atoms with Gasteiger partial charge in [0.15, 0.2) is 0 Å². The minimum atomic E-state index is -4.02. The van der Waals surface area contributed by atoms with Crippen molar-refractivity contribution in [2.45, 2.75) is 36.6 Å². The Morgan fingerprint density at radius 1 is 1.25 bits per heavy atom. The number of carbonyl (C=O) groups is 1. The van der Waals surface area contributed by atoms with Crippen LogP contribution in [0.3, 0.4) is 0 Å². The Labute approximate surface area is 116 Å². The summed E-state index contributed by atoms with van der Waals surface area (Å²) >= 11 is 0. The van der Waals surface area contributed by atoms with Crippen molar-refractivity contribution >= 4 is 21.7 Å². The van der Waals surface area contributed by atoms with E-state index in [1.54, 1.807) is 0 Å². The summed E-state index contributed by atoms with van der Waals surface area (Å²) in [6.45, 7) is 0. The van der Waals surface area contributed by atoms with Crippen LogP contribution in [-0.2, 0) is 10.0 Å². The molecule has 4 N–H and O–H groups in total. The second kappa shape index (κ2) is 5.76. The van der Waals surface area contributed by atoms with Crippen molar-refractivity contribution in [1.29, 1.82) is 0 Å². The van der Waals surface area contributed by atoms with E-state index >= 15 is 0 Å². The van der Waals surface area contributed by atoms with E-state index in [9.17, 15) is 17.6 Å². The van der Waals surface area contributed by atoms with Crippen molar-refractivity contribution in [3.63, 3.8) is 0 Å². The monoisotopic (exact) mass is 301 g/mol. The maximum absolute atomic E-state index is 13.3. The molecule has 8 heteroatoms. The summed E-state index contributed by atoms with van der Waals surface area (Å²) in [4.78, 5) is 11.3. The lowest BCUT2D eigenvalue weighted by Crippen LogP contribution is -2.36. The van der Waals surface area contributed by atoms with E-state index < -0.39 is 21.9 Å². The maximum Gasteiger partial charge on any atom is 0.319 e. The van der Waals surface area contributed by atoms with Crippen molar-refractivity contribution in [1.82, 2.24) is 5.32 Å². The summed E-state index contributed by atoms with van der Waals surface area (Å²) < 4.78 is 35.7. The molecule has 0 spiro atoms. The molecule has 1 saturated carbocycles. The fourth-order valence-corrected chi connectivity index (χ4v) is 2.79. The summed E-state index contributed by atoms with van der Waals surface area (Å²) in [6.07, 6.45) is 3.97. The molecule has 1 aromatic carbocycles. The number of anilines is 1. The van der Waals surface area contributed by atoms with Crippen LogP contribution in [0.1, 0.15) is 25.7 Å². The highest BCUT2D eigenvalue weighted by Crippen LogP contribution is 2.19. The SMILES string of the molecule is NS(=O)(=O)c1cc(F)cc(NC(=O)NC2CCCC2)c1. The zero-order valence-electron chi connectivity index (χ0n) is 10.7. The molecule has 0 radical (unpaired) electrons. The molecule has 1 aliphatic carbocycles. The molecule has 1 aliphatic rings. The number of primary sulfonamides is 1. The molecule has 0 saturated heterocycles. The third-order valence-electron chi connectivity index (χ3n) is 3.15. The van der Waals surface area contributed by atoms with Gasteiger partial charge in [-0.3, -0.25) is 0 Å². The number of rotatable bonds is 3. The van der Waals surface area contributed by atoms with E-state index in [0.29, 0.717) is 0 Å². The predicted molar refractivity (Wildman–Crippen MR) is 72.2 cm³/mol. The minimum Gasteiger partial charge on any atom is -0.335 e. The minimum absolute atomic E-state index is 0.0459. The van der Waals surface area contributed by atoms with E-state index in [4.69, 9.17) is 5.14 Å². The molecule has 0 unspecified atom stereocenters. The lowest BCUT2D eigenvalue weighted by atomic mass is 10.2. The molecule has 1 aromatic rings. The molecule has 0 atom stereocenters. The van der Waals surface area contributed by atoms with Crippen LogP contribution in [0.5, 0.6) is 0 Å². The number of nitrogens with one attached hydrogen (secondary N) is 2. The van der Waals surface area contributed by atoms with Gasteiger partial charge in [0.25, 0.3) is 0 Å². The third-order valence-corrected chi connectivity index (χ3v) is 4.04. The van der Waals surface area contributed by atoms with Crippen LogP contribution < -0.4 is 15.8 Å².